The van der Waals surface area contributed by atoms with Gasteiger partial charge in [-0.05, 0) is 30.4 Å². The summed E-state index contributed by atoms with van der Waals surface area (Å²) in [6.07, 6.45) is 2.65. The molecule has 6 heteroatoms. The number of aromatic nitrogens is 5. The third-order valence-corrected chi connectivity index (χ3v) is 4.81. The SMILES string of the molecule is CC(C)CCn1c2nc3ccccc3nc2c2c(=O)n(CC(C)C)cnc21. The fourth-order valence-corrected chi connectivity index (χ4v) is 3.46. The summed E-state index contributed by atoms with van der Waals surface area (Å²) in [5.74, 6) is 0.912. The minimum atomic E-state index is -0.0356. The molecule has 0 bridgehead atoms. The highest BCUT2D eigenvalue weighted by molar-refractivity contribution is 6.04. The van der Waals surface area contributed by atoms with Gasteiger partial charge in [0.2, 0.25) is 0 Å². The minimum Gasteiger partial charge on any atom is -0.308 e. The van der Waals surface area contributed by atoms with E-state index < -0.39 is 0 Å². The molecule has 0 atom stereocenters. The fraction of sp³-hybridized carbons (Fsp3) is 0.429. The second kappa shape index (κ2) is 6.76. The van der Waals surface area contributed by atoms with Crippen LogP contribution in [0.5, 0.6) is 0 Å². The summed E-state index contributed by atoms with van der Waals surface area (Å²) in [7, 11) is 0. The van der Waals surface area contributed by atoms with Gasteiger partial charge in [0.15, 0.2) is 11.3 Å². The maximum absolute atomic E-state index is 13.2. The van der Waals surface area contributed by atoms with Gasteiger partial charge < -0.3 is 4.57 Å². The summed E-state index contributed by atoms with van der Waals surface area (Å²) >= 11 is 0. The van der Waals surface area contributed by atoms with E-state index in [0.717, 1.165) is 29.6 Å². The fourth-order valence-electron chi connectivity index (χ4n) is 3.46. The number of fused-ring (bicyclic) bond motifs is 4. The van der Waals surface area contributed by atoms with Crippen LogP contribution in [0.2, 0.25) is 0 Å². The first-order chi connectivity index (χ1) is 13.0. The van der Waals surface area contributed by atoms with E-state index in [2.05, 4.69) is 37.2 Å². The number of hydrogen-bond donors (Lipinski definition) is 0. The van der Waals surface area contributed by atoms with Crippen LogP contribution < -0.4 is 5.56 Å². The van der Waals surface area contributed by atoms with Crippen molar-refractivity contribution in [1.29, 1.82) is 0 Å². The predicted molar refractivity (Wildman–Crippen MR) is 109 cm³/mol. The van der Waals surface area contributed by atoms with Crippen LogP contribution >= 0.6 is 0 Å². The van der Waals surface area contributed by atoms with Crippen molar-refractivity contribution in [3.8, 4) is 0 Å². The molecule has 4 rings (SSSR count). The van der Waals surface area contributed by atoms with Gasteiger partial charge in [0, 0.05) is 13.1 Å². The third kappa shape index (κ3) is 3.09. The summed E-state index contributed by atoms with van der Waals surface area (Å²) < 4.78 is 3.75. The van der Waals surface area contributed by atoms with Crippen LogP contribution in [0, 0.1) is 11.8 Å². The summed E-state index contributed by atoms with van der Waals surface area (Å²) in [6.45, 7) is 9.98. The van der Waals surface area contributed by atoms with Gasteiger partial charge in [0.25, 0.3) is 5.56 Å². The number of benzene rings is 1. The minimum absolute atomic E-state index is 0.0356. The number of rotatable bonds is 5. The van der Waals surface area contributed by atoms with Gasteiger partial charge in [0.05, 0.1) is 17.4 Å². The van der Waals surface area contributed by atoms with Gasteiger partial charge in [0.1, 0.15) is 10.9 Å². The summed E-state index contributed by atoms with van der Waals surface area (Å²) in [4.78, 5) is 27.5. The topological polar surface area (TPSA) is 65.6 Å². The molecule has 0 saturated heterocycles. The maximum Gasteiger partial charge on any atom is 0.265 e. The highest BCUT2D eigenvalue weighted by Gasteiger charge is 2.20. The van der Waals surface area contributed by atoms with E-state index in [1.165, 1.54) is 0 Å². The van der Waals surface area contributed by atoms with Crippen LogP contribution in [0.25, 0.3) is 33.2 Å². The van der Waals surface area contributed by atoms with E-state index in [9.17, 15) is 4.79 Å². The second-order valence-corrected chi connectivity index (χ2v) is 8.01. The Morgan fingerprint density at radius 1 is 0.963 bits per heavy atom. The zero-order valence-electron chi connectivity index (χ0n) is 16.3. The van der Waals surface area contributed by atoms with Crippen LogP contribution in [0.4, 0.5) is 0 Å². The molecule has 0 fully saturated rings. The molecular weight excluding hydrogens is 338 g/mol. The molecule has 0 unspecified atom stereocenters. The van der Waals surface area contributed by atoms with E-state index in [1.807, 2.05) is 24.3 Å². The lowest BCUT2D eigenvalue weighted by Gasteiger charge is -2.10. The lowest BCUT2D eigenvalue weighted by molar-refractivity contribution is 0.506. The Bertz CT molecular complexity index is 1190. The molecule has 27 heavy (non-hydrogen) atoms. The van der Waals surface area contributed by atoms with Gasteiger partial charge in [-0.25, -0.2) is 15.0 Å². The summed E-state index contributed by atoms with van der Waals surface area (Å²) in [5.41, 5.74) is 3.68. The molecule has 3 heterocycles. The van der Waals surface area contributed by atoms with Gasteiger partial charge in [-0.3, -0.25) is 9.36 Å². The molecule has 0 amide bonds. The van der Waals surface area contributed by atoms with Crippen molar-refractivity contribution in [2.45, 2.75) is 47.2 Å². The average Bonchev–Trinajstić information content (AvgIpc) is 2.93. The van der Waals surface area contributed by atoms with Crippen molar-refractivity contribution in [2.75, 3.05) is 0 Å². The molecule has 140 valence electrons. The van der Waals surface area contributed by atoms with Gasteiger partial charge in [-0.1, -0.05) is 39.8 Å². The smallest absolute Gasteiger partial charge is 0.265 e. The highest BCUT2D eigenvalue weighted by atomic mass is 16.1. The Labute approximate surface area is 157 Å². The first kappa shape index (κ1) is 17.6. The average molecular weight is 363 g/mol. The predicted octanol–water partition coefficient (Wildman–Crippen LogP) is 4.00. The molecule has 1 aromatic carbocycles. The van der Waals surface area contributed by atoms with Gasteiger partial charge in [-0.2, -0.15) is 0 Å². The number of para-hydroxylation sites is 2. The van der Waals surface area contributed by atoms with E-state index in [4.69, 9.17) is 9.97 Å². The Hall–Kier alpha value is -2.76. The van der Waals surface area contributed by atoms with E-state index in [1.54, 1.807) is 10.9 Å². The normalized spacial score (nSPS) is 12.2. The van der Waals surface area contributed by atoms with Crippen molar-refractivity contribution >= 4 is 33.2 Å². The molecule has 0 spiro atoms. The van der Waals surface area contributed by atoms with Gasteiger partial charge in [-0.15, -0.1) is 0 Å². The second-order valence-electron chi connectivity index (χ2n) is 8.01. The molecule has 0 radical (unpaired) electrons. The van der Waals surface area contributed by atoms with Crippen molar-refractivity contribution in [1.82, 2.24) is 24.1 Å². The molecule has 0 aliphatic carbocycles. The molecule has 6 nitrogen and oxygen atoms in total. The summed E-state index contributed by atoms with van der Waals surface area (Å²) in [5, 5.41) is 0.579. The van der Waals surface area contributed by atoms with Crippen molar-refractivity contribution in [3.63, 3.8) is 0 Å². The van der Waals surface area contributed by atoms with Gasteiger partial charge >= 0.3 is 0 Å². The van der Waals surface area contributed by atoms with Crippen LogP contribution in [0.3, 0.4) is 0 Å². The molecule has 3 aromatic heterocycles. The lowest BCUT2D eigenvalue weighted by atomic mass is 10.1. The molecule has 4 aromatic rings. The number of hydrogen-bond acceptors (Lipinski definition) is 4. The Morgan fingerprint density at radius 2 is 1.67 bits per heavy atom. The first-order valence-corrected chi connectivity index (χ1v) is 9.60. The largest absolute Gasteiger partial charge is 0.308 e. The quantitative estimate of drug-likeness (QED) is 0.538. The van der Waals surface area contributed by atoms with Crippen molar-refractivity contribution in [3.05, 3.63) is 40.9 Å². The Kier molecular flexibility index (Phi) is 4.42. The van der Waals surface area contributed by atoms with Crippen molar-refractivity contribution in [2.24, 2.45) is 11.8 Å². The van der Waals surface area contributed by atoms with E-state index in [-0.39, 0.29) is 5.56 Å². The lowest BCUT2D eigenvalue weighted by Crippen LogP contribution is -2.23. The summed E-state index contributed by atoms with van der Waals surface area (Å²) in [6, 6.07) is 7.78. The Morgan fingerprint density at radius 3 is 2.33 bits per heavy atom. The maximum atomic E-state index is 13.2. The first-order valence-electron chi connectivity index (χ1n) is 9.60. The number of nitrogens with zero attached hydrogens (tertiary/aromatic N) is 5. The van der Waals surface area contributed by atoms with Crippen molar-refractivity contribution < 1.29 is 0 Å². The number of aryl methyl sites for hydroxylation is 1. The van der Waals surface area contributed by atoms with E-state index in [0.29, 0.717) is 34.9 Å². The molecular formula is C21H25N5O. The highest BCUT2D eigenvalue weighted by Crippen LogP contribution is 2.25. The third-order valence-electron chi connectivity index (χ3n) is 4.81. The van der Waals surface area contributed by atoms with Crippen LogP contribution in [-0.4, -0.2) is 24.1 Å². The van der Waals surface area contributed by atoms with Crippen LogP contribution in [0.15, 0.2) is 35.4 Å². The Balaban J connectivity index is 2.07. The van der Waals surface area contributed by atoms with Crippen LogP contribution in [-0.2, 0) is 13.1 Å². The zero-order valence-corrected chi connectivity index (χ0v) is 16.3. The van der Waals surface area contributed by atoms with E-state index >= 15 is 0 Å². The monoisotopic (exact) mass is 363 g/mol. The zero-order chi connectivity index (χ0) is 19.1. The molecule has 0 N–H and O–H groups in total. The molecule has 0 saturated carbocycles. The standard InChI is InChI=1S/C21H25N5O/c1-13(2)9-10-26-19-17(21(27)25(12-22-19)11-14(3)4)18-20(26)24-16-8-6-5-7-15(16)23-18/h5-8,12-14H,9-11H2,1-4H3. The molecule has 0 aliphatic rings. The molecule has 0 aliphatic heterocycles. The van der Waals surface area contributed by atoms with Crippen LogP contribution in [0.1, 0.15) is 34.1 Å².